The molecule has 6 nitrogen and oxygen atoms in total. The summed E-state index contributed by atoms with van der Waals surface area (Å²) in [6.07, 6.45) is -2.30. The summed E-state index contributed by atoms with van der Waals surface area (Å²) in [5.74, 6) is -0.881. The second-order valence-electron chi connectivity index (χ2n) is 8.56. The Morgan fingerprint density at radius 1 is 1.06 bits per heavy atom. The number of benzene rings is 2. The quantitative estimate of drug-likeness (QED) is 0.538. The minimum atomic E-state index is -4.53. The van der Waals surface area contributed by atoms with Gasteiger partial charge < -0.3 is 10.2 Å². The normalized spacial score (nSPS) is 14.7. The molecule has 0 bridgehead atoms. The number of aryl methyl sites for hydroxylation is 1. The number of piperidine rings is 1. The van der Waals surface area contributed by atoms with Gasteiger partial charge in [-0.15, -0.1) is 0 Å². The zero-order valence-electron chi connectivity index (χ0n) is 19.0. The Morgan fingerprint density at radius 3 is 2.34 bits per heavy atom. The van der Waals surface area contributed by atoms with E-state index in [1.54, 1.807) is 36.1 Å². The van der Waals surface area contributed by atoms with Crippen molar-refractivity contribution in [3.05, 3.63) is 82.9 Å². The van der Waals surface area contributed by atoms with E-state index in [4.69, 9.17) is 0 Å². The monoisotopic (exact) mass is 488 g/mol. The van der Waals surface area contributed by atoms with Crippen LogP contribution in [0, 0.1) is 18.7 Å². The van der Waals surface area contributed by atoms with Crippen molar-refractivity contribution in [2.45, 2.75) is 32.5 Å². The fourth-order valence-electron chi connectivity index (χ4n) is 3.98. The molecule has 184 valence electrons. The zero-order valence-corrected chi connectivity index (χ0v) is 19.0. The van der Waals surface area contributed by atoms with Gasteiger partial charge in [-0.2, -0.15) is 18.3 Å². The topological polar surface area (TPSA) is 67.2 Å². The number of hydrogen-bond acceptors (Lipinski definition) is 3. The SMILES string of the molecule is Cc1ccc(CNC(=O)C2CCN(C(=O)c3ccc(-n4ccc(C(F)(F)F)n4)cc3)CC2)cc1F. The molecular weight excluding hydrogens is 464 g/mol. The Kier molecular flexibility index (Phi) is 6.90. The molecule has 10 heteroatoms. The van der Waals surface area contributed by atoms with Crippen LogP contribution in [-0.2, 0) is 17.5 Å². The third kappa shape index (κ3) is 5.70. The molecule has 4 rings (SSSR count). The fraction of sp³-hybridized carbons (Fsp3) is 0.320. The van der Waals surface area contributed by atoms with Gasteiger partial charge in [0.1, 0.15) is 5.82 Å². The molecule has 0 radical (unpaired) electrons. The molecule has 1 aliphatic rings. The van der Waals surface area contributed by atoms with Crippen LogP contribution in [0.4, 0.5) is 17.6 Å². The van der Waals surface area contributed by atoms with Crippen molar-refractivity contribution in [3.8, 4) is 5.69 Å². The molecule has 1 aliphatic heterocycles. The van der Waals surface area contributed by atoms with Gasteiger partial charge in [0.25, 0.3) is 5.91 Å². The van der Waals surface area contributed by atoms with Crippen molar-refractivity contribution < 1.29 is 27.2 Å². The lowest BCUT2D eigenvalue weighted by molar-refractivity contribution is -0.141. The average Bonchev–Trinajstić information content (AvgIpc) is 3.35. The largest absolute Gasteiger partial charge is 0.435 e. The number of nitrogens with zero attached hydrogens (tertiary/aromatic N) is 3. The van der Waals surface area contributed by atoms with Crippen LogP contribution in [0.2, 0.25) is 0 Å². The minimum Gasteiger partial charge on any atom is -0.352 e. The second kappa shape index (κ2) is 9.89. The molecule has 0 aliphatic carbocycles. The van der Waals surface area contributed by atoms with Crippen LogP contribution in [0.1, 0.15) is 40.0 Å². The maximum atomic E-state index is 13.7. The molecule has 0 unspecified atom stereocenters. The molecule has 0 saturated carbocycles. The van der Waals surface area contributed by atoms with Gasteiger partial charge in [0, 0.05) is 37.3 Å². The van der Waals surface area contributed by atoms with E-state index >= 15 is 0 Å². The number of rotatable bonds is 5. The van der Waals surface area contributed by atoms with E-state index in [9.17, 15) is 27.2 Å². The van der Waals surface area contributed by atoms with E-state index in [1.807, 2.05) is 0 Å². The first-order chi connectivity index (χ1) is 16.6. The van der Waals surface area contributed by atoms with Gasteiger partial charge in [0.15, 0.2) is 5.69 Å². The maximum Gasteiger partial charge on any atom is 0.435 e. The number of nitrogens with one attached hydrogen (secondary N) is 1. The standard InChI is InChI=1S/C25H24F4N4O2/c1-16-2-3-17(14-21(16)26)15-30-23(34)18-8-11-32(12-9-18)24(35)19-4-6-20(7-5-19)33-13-10-22(31-33)25(27,28)29/h2-7,10,13-14,18H,8-9,11-12,15H2,1H3,(H,30,34). The number of halogens is 4. The Labute approximate surface area is 199 Å². The lowest BCUT2D eigenvalue weighted by atomic mass is 9.95. The number of aromatic nitrogens is 2. The lowest BCUT2D eigenvalue weighted by Gasteiger charge is -2.31. The molecule has 1 saturated heterocycles. The number of carbonyl (C=O) groups excluding carboxylic acids is 2. The lowest BCUT2D eigenvalue weighted by Crippen LogP contribution is -2.42. The maximum absolute atomic E-state index is 13.7. The van der Waals surface area contributed by atoms with Crippen molar-refractivity contribution in [1.29, 1.82) is 0 Å². The van der Waals surface area contributed by atoms with E-state index in [1.165, 1.54) is 24.4 Å². The molecule has 2 heterocycles. The molecule has 3 aromatic rings. The predicted octanol–water partition coefficient (Wildman–Crippen LogP) is 4.51. The van der Waals surface area contributed by atoms with Crippen LogP contribution in [0.15, 0.2) is 54.7 Å². The Morgan fingerprint density at radius 2 is 1.74 bits per heavy atom. The summed E-state index contributed by atoms with van der Waals surface area (Å²) in [5.41, 5.74) is 1.05. The summed E-state index contributed by atoms with van der Waals surface area (Å²) in [7, 11) is 0. The predicted molar refractivity (Wildman–Crippen MR) is 120 cm³/mol. The summed E-state index contributed by atoms with van der Waals surface area (Å²) in [5, 5.41) is 6.36. The molecular formula is C25H24F4N4O2. The van der Waals surface area contributed by atoms with E-state index < -0.39 is 11.9 Å². The Balaban J connectivity index is 1.29. The van der Waals surface area contributed by atoms with Crippen molar-refractivity contribution >= 4 is 11.8 Å². The summed E-state index contributed by atoms with van der Waals surface area (Å²) >= 11 is 0. The van der Waals surface area contributed by atoms with Gasteiger partial charge in [-0.25, -0.2) is 9.07 Å². The van der Waals surface area contributed by atoms with Gasteiger partial charge in [-0.05, 0) is 67.3 Å². The van der Waals surface area contributed by atoms with Crippen molar-refractivity contribution in [2.24, 2.45) is 5.92 Å². The summed E-state index contributed by atoms with van der Waals surface area (Å²) in [6, 6.07) is 11.9. The summed E-state index contributed by atoms with van der Waals surface area (Å²) < 4.78 is 53.0. The number of alkyl halides is 3. The van der Waals surface area contributed by atoms with Gasteiger partial charge >= 0.3 is 6.18 Å². The highest BCUT2D eigenvalue weighted by Crippen LogP contribution is 2.28. The Bertz CT molecular complexity index is 1210. The fourth-order valence-corrected chi connectivity index (χ4v) is 3.98. The highest BCUT2D eigenvalue weighted by Gasteiger charge is 2.33. The summed E-state index contributed by atoms with van der Waals surface area (Å²) in [6.45, 7) is 2.73. The first-order valence-electron chi connectivity index (χ1n) is 11.2. The summed E-state index contributed by atoms with van der Waals surface area (Å²) in [4.78, 5) is 27.0. The number of likely N-dealkylation sites (tertiary alicyclic amines) is 1. The zero-order chi connectivity index (χ0) is 25.2. The van der Waals surface area contributed by atoms with Crippen LogP contribution >= 0.6 is 0 Å². The number of carbonyl (C=O) groups is 2. The molecule has 1 N–H and O–H groups in total. The third-order valence-electron chi connectivity index (χ3n) is 6.11. The average molecular weight is 488 g/mol. The van der Waals surface area contributed by atoms with Crippen LogP contribution in [-0.4, -0.2) is 39.6 Å². The smallest absolute Gasteiger partial charge is 0.352 e. The highest BCUT2D eigenvalue weighted by atomic mass is 19.4. The van der Waals surface area contributed by atoms with E-state index in [0.717, 1.165) is 10.7 Å². The van der Waals surface area contributed by atoms with Gasteiger partial charge in [0.05, 0.1) is 5.69 Å². The molecule has 2 amide bonds. The van der Waals surface area contributed by atoms with E-state index in [2.05, 4.69) is 10.4 Å². The molecule has 2 aromatic carbocycles. The first-order valence-corrected chi connectivity index (χ1v) is 11.2. The first kappa shape index (κ1) is 24.4. The van der Waals surface area contributed by atoms with Gasteiger partial charge in [0.2, 0.25) is 5.91 Å². The van der Waals surface area contributed by atoms with Crippen LogP contribution in [0.5, 0.6) is 0 Å². The highest BCUT2D eigenvalue weighted by molar-refractivity contribution is 5.94. The third-order valence-corrected chi connectivity index (χ3v) is 6.11. The van der Waals surface area contributed by atoms with E-state index in [0.29, 0.717) is 48.3 Å². The van der Waals surface area contributed by atoms with E-state index in [-0.39, 0.29) is 30.1 Å². The van der Waals surface area contributed by atoms with Crippen LogP contribution in [0.25, 0.3) is 5.69 Å². The Hall–Kier alpha value is -3.69. The van der Waals surface area contributed by atoms with Crippen molar-refractivity contribution in [1.82, 2.24) is 20.0 Å². The van der Waals surface area contributed by atoms with Crippen LogP contribution in [0.3, 0.4) is 0 Å². The number of hydrogen-bond donors (Lipinski definition) is 1. The molecule has 1 aromatic heterocycles. The van der Waals surface area contributed by atoms with Crippen LogP contribution < -0.4 is 5.32 Å². The van der Waals surface area contributed by atoms with Gasteiger partial charge in [-0.3, -0.25) is 9.59 Å². The molecule has 35 heavy (non-hydrogen) atoms. The second-order valence-corrected chi connectivity index (χ2v) is 8.56. The molecule has 0 atom stereocenters. The van der Waals surface area contributed by atoms with Crippen molar-refractivity contribution in [2.75, 3.05) is 13.1 Å². The van der Waals surface area contributed by atoms with Gasteiger partial charge in [-0.1, -0.05) is 12.1 Å². The number of amides is 2. The minimum absolute atomic E-state index is 0.125. The molecule has 0 spiro atoms. The van der Waals surface area contributed by atoms with Crippen molar-refractivity contribution in [3.63, 3.8) is 0 Å². The molecule has 1 fully saturated rings.